The van der Waals surface area contributed by atoms with Crippen molar-refractivity contribution in [3.05, 3.63) is 29.1 Å². The van der Waals surface area contributed by atoms with Gasteiger partial charge in [0.25, 0.3) is 0 Å². The molecule has 2 rings (SSSR count). The minimum atomic E-state index is -3.65. The Labute approximate surface area is 106 Å². The lowest BCUT2D eigenvalue weighted by Crippen LogP contribution is -2.27. The Hall–Kier alpha value is -0.980. The van der Waals surface area contributed by atoms with Crippen LogP contribution in [0.1, 0.15) is 24.0 Å². The smallest absolute Gasteiger partial charge is 0.240 e. The first-order chi connectivity index (χ1) is 8.44. The summed E-state index contributed by atoms with van der Waals surface area (Å²) in [6.45, 7) is 2.00. The third-order valence-electron chi connectivity index (χ3n) is 3.14. The molecule has 1 fully saturated rings. The molecule has 1 aliphatic carbocycles. The number of nitrogens with one attached hydrogen (secondary N) is 1. The van der Waals surface area contributed by atoms with E-state index in [0.717, 1.165) is 12.8 Å². The van der Waals surface area contributed by atoms with Gasteiger partial charge in [-0.2, -0.15) is 0 Å². The van der Waals surface area contributed by atoms with Crippen molar-refractivity contribution in [3.63, 3.8) is 0 Å². The Morgan fingerprint density at radius 1 is 1.44 bits per heavy atom. The van der Waals surface area contributed by atoms with Crippen LogP contribution in [0.4, 0.5) is 4.39 Å². The van der Waals surface area contributed by atoms with Crippen LogP contribution in [-0.4, -0.2) is 15.0 Å². The van der Waals surface area contributed by atoms with Gasteiger partial charge >= 0.3 is 0 Å². The number of hydrogen-bond donors (Lipinski definition) is 2. The number of sulfonamides is 1. The fourth-order valence-corrected chi connectivity index (χ4v) is 3.15. The zero-order valence-electron chi connectivity index (χ0n) is 10.2. The van der Waals surface area contributed by atoms with Gasteiger partial charge in [0.15, 0.2) is 0 Å². The molecule has 0 bridgehead atoms. The van der Waals surface area contributed by atoms with Gasteiger partial charge in [-0.05, 0) is 43.4 Å². The standard InChI is InChI=1S/C12H17FN2O2S/c1-8-11(13)4-10(6-14)5-12(8)18(16,17)15-7-9-2-3-9/h4-5,9,15H,2-3,6-7,14H2,1H3. The molecule has 0 unspecified atom stereocenters. The summed E-state index contributed by atoms with van der Waals surface area (Å²) in [6, 6.07) is 2.71. The fraction of sp³-hybridized carbons (Fsp3) is 0.500. The summed E-state index contributed by atoms with van der Waals surface area (Å²) in [4.78, 5) is -0.0106. The van der Waals surface area contributed by atoms with Crippen molar-refractivity contribution in [2.24, 2.45) is 11.7 Å². The predicted molar refractivity (Wildman–Crippen MR) is 66.9 cm³/mol. The lowest BCUT2D eigenvalue weighted by molar-refractivity contribution is 0.570. The predicted octanol–water partition coefficient (Wildman–Crippen LogP) is 1.28. The van der Waals surface area contributed by atoms with Gasteiger partial charge in [-0.25, -0.2) is 17.5 Å². The van der Waals surface area contributed by atoms with E-state index in [1.807, 2.05) is 0 Å². The molecule has 0 amide bonds. The minimum absolute atomic E-state index is 0.0106. The van der Waals surface area contributed by atoms with Crippen LogP contribution in [0.2, 0.25) is 0 Å². The van der Waals surface area contributed by atoms with E-state index in [0.29, 0.717) is 18.0 Å². The van der Waals surface area contributed by atoms with E-state index < -0.39 is 15.8 Å². The van der Waals surface area contributed by atoms with Gasteiger partial charge in [-0.3, -0.25) is 0 Å². The second-order valence-corrected chi connectivity index (χ2v) is 6.44. The molecule has 1 saturated carbocycles. The molecular formula is C12H17FN2O2S. The van der Waals surface area contributed by atoms with Crippen LogP contribution in [0.25, 0.3) is 0 Å². The van der Waals surface area contributed by atoms with E-state index in [2.05, 4.69) is 4.72 Å². The van der Waals surface area contributed by atoms with Gasteiger partial charge in [-0.15, -0.1) is 0 Å². The van der Waals surface area contributed by atoms with Gasteiger partial charge < -0.3 is 5.73 Å². The summed E-state index contributed by atoms with van der Waals surface area (Å²) in [7, 11) is -3.65. The van der Waals surface area contributed by atoms with Crippen molar-refractivity contribution in [1.82, 2.24) is 4.72 Å². The van der Waals surface area contributed by atoms with Crippen molar-refractivity contribution in [1.29, 1.82) is 0 Å². The molecule has 1 aromatic rings. The molecule has 0 heterocycles. The minimum Gasteiger partial charge on any atom is -0.326 e. The molecule has 3 N–H and O–H groups in total. The average molecular weight is 272 g/mol. The maximum Gasteiger partial charge on any atom is 0.240 e. The summed E-state index contributed by atoms with van der Waals surface area (Å²) in [5.41, 5.74) is 6.04. The molecule has 100 valence electrons. The summed E-state index contributed by atoms with van der Waals surface area (Å²) < 4.78 is 40.3. The van der Waals surface area contributed by atoms with Crippen LogP contribution in [-0.2, 0) is 16.6 Å². The Morgan fingerprint density at radius 2 is 2.11 bits per heavy atom. The van der Waals surface area contributed by atoms with Crippen molar-refractivity contribution >= 4 is 10.0 Å². The molecule has 0 radical (unpaired) electrons. The SMILES string of the molecule is Cc1c(F)cc(CN)cc1S(=O)(=O)NCC1CC1. The number of rotatable bonds is 5. The van der Waals surface area contributed by atoms with Crippen molar-refractivity contribution in [2.45, 2.75) is 31.2 Å². The van der Waals surface area contributed by atoms with Crippen molar-refractivity contribution < 1.29 is 12.8 Å². The van der Waals surface area contributed by atoms with Crippen LogP contribution in [0, 0.1) is 18.7 Å². The Balaban J connectivity index is 2.32. The van der Waals surface area contributed by atoms with Crippen LogP contribution in [0.3, 0.4) is 0 Å². The molecule has 0 atom stereocenters. The quantitative estimate of drug-likeness (QED) is 0.848. The zero-order valence-corrected chi connectivity index (χ0v) is 11.1. The molecule has 0 aromatic heterocycles. The van der Waals surface area contributed by atoms with Crippen LogP contribution in [0.5, 0.6) is 0 Å². The first-order valence-electron chi connectivity index (χ1n) is 5.93. The van der Waals surface area contributed by atoms with Gasteiger partial charge in [-0.1, -0.05) is 0 Å². The largest absolute Gasteiger partial charge is 0.326 e. The molecule has 0 saturated heterocycles. The van der Waals surface area contributed by atoms with Gasteiger partial charge in [0, 0.05) is 18.7 Å². The van der Waals surface area contributed by atoms with E-state index in [-0.39, 0.29) is 17.0 Å². The fourth-order valence-electron chi connectivity index (χ4n) is 1.73. The van der Waals surface area contributed by atoms with E-state index in [1.54, 1.807) is 0 Å². The first-order valence-corrected chi connectivity index (χ1v) is 7.41. The molecule has 1 aliphatic rings. The molecule has 4 nitrogen and oxygen atoms in total. The molecule has 0 aliphatic heterocycles. The summed E-state index contributed by atoms with van der Waals surface area (Å²) in [5, 5.41) is 0. The highest BCUT2D eigenvalue weighted by Gasteiger charge is 2.25. The van der Waals surface area contributed by atoms with E-state index in [1.165, 1.54) is 19.1 Å². The monoisotopic (exact) mass is 272 g/mol. The van der Waals surface area contributed by atoms with Gasteiger partial charge in [0.2, 0.25) is 10.0 Å². The molecule has 1 aromatic carbocycles. The number of hydrogen-bond acceptors (Lipinski definition) is 3. The normalized spacial score (nSPS) is 15.9. The van der Waals surface area contributed by atoms with E-state index in [9.17, 15) is 12.8 Å². The maximum absolute atomic E-state index is 13.6. The third-order valence-corrected chi connectivity index (χ3v) is 4.69. The Morgan fingerprint density at radius 3 is 2.67 bits per heavy atom. The Bertz CT molecular complexity index is 553. The zero-order chi connectivity index (χ0) is 13.3. The Kier molecular flexibility index (Phi) is 3.70. The summed E-state index contributed by atoms with van der Waals surface area (Å²) in [6.07, 6.45) is 2.11. The van der Waals surface area contributed by atoms with Crippen molar-refractivity contribution in [3.8, 4) is 0 Å². The van der Waals surface area contributed by atoms with Crippen LogP contribution >= 0.6 is 0 Å². The average Bonchev–Trinajstić information content (AvgIpc) is 3.13. The van der Waals surface area contributed by atoms with Gasteiger partial charge in [0.1, 0.15) is 5.82 Å². The van der Waals surface area contributed by atoms with E-state index >= 15 is 0 Å². The van der Waals surface area contributed by atoms with Crippen LogP contribution < -0.4 is 10.5 Å². The lowest BCUT2D eigenvalue weighted by atomic mass is 10.1. The third kappa shape index (κ3) is 2.88. The van der Waals surface area contributed by atoms with Crippen molar-refractivity contribution in [2.75, 3.05) is 6.54 Å². The number of nitrogens with two attached hydrogens (primary N) is 1. The molecular weight excluding hydrogens is 255 g/mol. The second-order valence-electron chi connectivity index (χ2n) is 4.70. The molecule has 18 heavy (non-hydrogen) atoms. The highest BCUT2D eigenvalue weighted by Crippen LogP contribution is 2.28. The molecule has 6 heteroatoms. The second kappa shape index (κ2) is 4.95. The highest BCUT2D eigenvalue weighted by molar-refractivity contribution is 7.89. The topological polar surface area (TPSA) is 72.2 Å². The molecule has 0 spiro atoms. The summed E-state index contributed by atoms with van der Waals surface area (Å²) >= 11 is 0. The van der Waals surface area contributed by atoms with Crippen LogP contribution in [0.15, 0.2) is 17.0 Å². The number of halogens is 1. The number of benzene rings is 1. The lowest BCUT2D eigenvalue weighted by Gasteiger charge is -2.11. The first kappa shape index (κ1) is 13.5. The maximum atomic E-state index is 13.6. The van der Waals surface area contributed by atoms with Gasteiger partial charge in [0.05, 0.1) is 4.90 Å². The van der Waals surface area contributed by atoms with E-state index in [4.69, 9.17) is 5.73 Å². The highest BCUT2D eigenvalue weighted by atomic mass is 32.2. The summed E-state index contributed by atoms with van der Waals surface area (Å²) in [5.74, 6) is -0.104.